The van der Waals surface area contributed by atoms with Crippen molar-refractivity contribution in [1.29, 1.82) is 0 Å². The molecule has 0 aromatic heterocycles. The molecule has 1 aromatic rings. The predicted octanol–water partition coefficient (Wildman–Crippen LogP) is 2.34. The lowest BCUT2D eigenvalue weighted by Crippen LogP contribution is -2.47. The van der Waals surface area contributed by atoms with Crippen LogP contribution in [0.5, 0.6) is 11.5 Å². The summed E-state index contributed by atoms with van der Waals surface area (Å²) in [5, 5.41) is 0. The van der Waals surface area contributed by atoms with Gasteiger partial charge in [0, 0.05) is 23.5 Å². The van der Waals surface area contributed by atoms with Crippen molar-refractivity contribution in [3.05, 3.63) is 23.8 Å². The van der Waals surface area contributed by atoms with Gasteiger partial charge in [-0.3, -0.25) is 0 Å². The molecule has 0 N–H and O–H groups in total. The van der Waals surface area contributed by atoms with Crippen molar-refractivity contribution in [2.24, 2.45) is 0 Å². The van der Waals surface area contributed by atoms with Crippen molar-refractivity contribution in [1.82, 2.24) is 0 Å². The summed E-state index contributed by atoms with van der Waals surface area (Å²) in [6.07, 6.45) is 1.36. The number of ether oxygens (including phenoxy) is 3. The lowest BCUT2D eigenvalue weighted by Gasteiger charge is -2.42. The molecule has 4 heteroatoms. The van der Waals surface area contributed by atoms with Gasteiger partial charge in [-0.15, -0.1) is 0 Å². The van der Waals surface area contributed by atoms with Crippen LogP contribution < -0.4 is 9.47 Å². The number of rotatable bonds is 6. The third-order valence-electron chi connectivity index (χ3n) is 3.69. The molecule has 1 aliphatic heterocycles. The Kier molecular flexibility index (Phi) is 4.10. The zero-order valence-electron chi connectivity index (χ0n) is 11.7. The highest BCUT2D eigenvalue weighted by Gasteiger charge is 2.42. The minimum Gasteiger partial charge on any atom is -0.497 e. The van der Waals surface area contributed by atoms with E-state index in [1.165, 1.54) is 0 Å². The predicted molar refractivity (Wildman–Crippen MR) is 72.0 cm³/mol. The number of ketones is 1. The Morgan fingerprint density at radius 1 is 1.32 bits per heavy atom. The molecule has 1 saturated heterocycles. The molecule has 0 spiro atoms. The van der Waals surface area contributed by atoms with Crippen LogP contribution in [0.3, 0.4) is 0 Å². The molecular weight excluding hydrogens is 244 g/mol. The Morgan fingerprint density at radius 3 is 2.53 bits per heavy atom. The maximum Gasteiger partial charge on any atom is 0.129 e. The normalized spacial score (nSPS) is 16.6. The van der Waals surface area contributed by atoms with Gasteiger partial charge >= 0.3 is 0 Å². The topological polar surface area (TPSA) is 44.8 Å². The SMILES string of the molecule is COc1ccc(C2(CCC(C)=O)COC2)c(OC)c1. The van der Waals surface area contributed by atoms with E-state index in [1.807, 2.05) is 18.2 Å². The Morgan fingerprint density at radius 2 is 2.05 bits per heavy atom. The molecule has 1 fully saturated rings. The molecule has 19 heavy (non-hydrogen) atoms. The van der Waals surface area contributed by atoms with Gasteiger partial charge in [0.15, 0.2) is 0 Å². The van der Waals surface area contributed by atoms with Crippen molar-refractivity contribution < 1.29 is 19.0 Å². The van der Waals surface area contributed by atoms with Crippen LogP contribution in [0.15, 0.2) is 18.2 Å². The average molecular weight is 264 g/mol. The highest BCUT2D eigenvalue weighted by Crippen LogP contribution is 2.42. The Balaban J connectivity index is 2.29. The van der Waals surface area contributed by atoms with Crippen LogP contribution in [0.4, 0.5) is 0 Å². The van der Waals surface area contributed by atoms with E-state index in [1.54, 1.807) is 21.1 Å². The fourth-order valence-corrected chi connectivity index (χ4v) is 2.43. The molecule has 0 amide bonds. The molecule has 0 atom stereocenters. The first-order valence-corrected chi connectivity index (χ1v) is 6.41. The van der Waals surface area contributed by atoms with Crippen LogP contribution in [0.1, 0.15) is 25.3 Å². The van der Waals surface area contributed by atoms with Crippen molar-refractivity contribution in [3.8, 4) is 11.5 Å². The third-order valence-corrected chi connectivity index (χ3v) is 3.69. The number of methoxy groups -OCH3 is 2. The van der Waals surface area contributed by atoms with Gasteiger partial charge in [0.25, 0.3) is 0 Å². The number of carbonyl (C=O) groups is 1. The van der Waals surface area contributed by atoms with E-state index in [9.17, 15) is 4.79 Å². The number of hydrogen-bond acceptors (Lipinski definition) is 4. The Labute approximate surface area is 113 Å². The maximum absolute atomic E-state index is 11.2. The molecule has 0 aliphatic carbocycles. The van der Waals surface area contributed by atoms with Crippen molar-refractivity contribution in [2.75, 3.05) is 27.4 Å². The second kappa shape index (κ2) is 5.61. The van der Waals surface area contributed by atoms with Gasteiger partial charge in [-0.1, -0.05) is 6.07 Å². The van der Waals surface area contributed by atoms with E-state index in [0.717, 1.165) is 23.5 Å². The van der Waals surface area contributed by atoms with E-state index in [-0.39, 0.29) is 11.2 Å². The first-order chi connectivity index (χ1) is 9.11. The summed E-state index contributed by atoms with van der Waals surface area (Å²) < 4.78 is 16.0. The summed E-state index contributed by atoms with van der Waals surface area (Å²) in [5.74, 6) is 1.77. The summed E-state index contributed by atoms with van der Waals surface area (Å²) in [6.45, 7) is 2.91. The third kappa shape index (κ3) is 2.73. The van der Waals surface area contributed by atoms with Crippen LogP contribution in [0.25, 0.3) is 0 Å². The highest BCUT2D eigenvalue weighted by atomic mass is 16.5. The fraction of sp³-hybridized carbons (Fsp3) is 0.533. The fourth-order valence-electron chi connectivity index (χ4n) is 2.43. The monoisotopic (exact) mass is 264 g/mol. The first-order valence-electron chi connectivity index (χ1n) is 6.41. The summed E-state index contributed by atoms with van der Waals surface area (Å²) in [4.78, 5) is 11.2. The van der Waals surface area contributed by atoms with Crippen LogP contribution >= 0.6 is 0 Å². The van der Waals surface area contributed by atoms with Crippen molar-refractivity contribution in [3.63, 3.8) is 0 Å². The molecule has 0 unspecified atom stereocenters. The van der Waals surface area contributed by atoms with Gasteiger partial charge < -0.3 is 19.0 Å². The van der Waals surface area contributed by atoms with Crippen LogP contribution in [0, 0.1) is 0 Å². The van der Waals surface area contributed by atoms with Crippen LogP contribution in [0.2, 0.25) is 0 Å². The minimum atomic E-state index is -0.0940. The number of hydrogen-bond donors (Lipinski definition) is 0. The summed E-state index contributed by atoms with van der Waals surface area (Å²) in [5.41, 5.74) is 1.01. The maximum atomic E-state index is 11.2. The smallest absolute Gasteiger partial charge is 0.129 e. The highest BCUT2D eigenvalue weighted by molar-refractivity contribution is 5.75. The van der Waals surface area contributed by atoms with Crippen LogP contribution in [-0.4, -0.2) is 33.2 Å². The zero-order valence-corrected chi connectivity index (χ0v) is 11.7. The standard InChI is InChI=1S/C15H20O4/c1-11(16)6-7-15(9-19-10-15)13-5-4-12(17-2)8-14(13)18-3/h4-5,8H,6-7,9-10H2,1-3H3. The quantitative estimate of drug-likeness (QED) is 0.791. The van der Waals surface area contributed by atoms with Gasteiger partial charge in [0.1, 0.15) is 17.3 Å². The van der Waals surface area contributed by atoms with Crippen molar-refractivity contribution >= 4 is 5.78 Å². The molecule has 1 aliphatic rings. The molecular formula is C15H20O4. The van der Waals surface area contributed by atoms with Gasteiger partial charge in [-0.25, -0.2) is 0 Å². The molecule has 1 heterocycles. The van der Waals surface area contributed by atoms with E-state index >= 15 is 0 Å². The van der Waals surface area contributed by atoms with E-state index in [4.69, 9.17) is 14.2 Å². The lowest BCUT2D eigenvalue weighted by atomic mass is 9.74. The number of carbonyl (C=O) groups excluding carboxylic acids is 1. The van der Waals surface area contributed by atoms with E-state index < -0.39 is 0 Å². The lowest BCUT2D eigenvalue weighted by molar-refractivity contribution is -0.119. The van der Waals surface area contributed by atoms with Gasteiger partial charge in [-0.05, 0) is 19.4 Å². The Bertz CT molecular complexity index is 463. The first kappa shape index (κ1) is 13.9. The summed E-state index contributed by atoms with van der Waals surface area (Å²) in [7, 11) is 3.28. The number of Topliss-reactive ketones (excluding diaryl/α,β-unsaturated/α-hetero) is 1. The molecule has 2 rings (SSSR count). The van der Waals surface area contributed by atoms with Gasteiger partial charge in [0.2, 0.25) is 0 Å². The average Bonchev–Trinajstić information content (AvgIpc) is 2.37. The van der Waals surface area contributed by atoms with Crippen molar-refractivity contribution in [2.45, 2.75) is 25.2 Å². The second-order valence-corrected chi connectivity index (χ2v) is 5.04. The van der Waals surface area contributed by atoms with Gasteiger partial charge in [-0.2, -0.15) is 0 Å². The molecule has 0 radical (unpaired) electrons. The summed E-state index contributed by atoms with van der Waals surface area (Å²) in [6, 6.07) is 5.81. The summed E-state index contributed by atoms with van der Waals surface area (Å²) >= 11 is 0. The van der Waals surface area contributed by atoms with Crippen LogP contribution in [-0.2, 0) is 14.9 Å². The molecule has 0 bridgehead atoms. The molecule has 1 aromatic carbocycles. The second-order valence-electron chi connectivity index (χ2n) is 5.04. The largest absolute Gasteiger partial charge is 0.497 e. The molecule has 0 saturated carbocycles. The van der Waals surface area contributed by atoms with E-state index in [0.29, 0.717) is 19.6 Å². The molecule has 4 nitrogen and oxygen atoms in total. The van der Waals surface area contributed by atoms with E-state index in [2.05, 4.69) is 0 Å². The number of benzene rings is 1. The zero-order chi connectivity index (χ0) is 13.9. The Hall–Kier alpha value is -1.55. The molecule has 104 valence electrons. The van der Waals surface area contributed by atoms with Gasteiger partial charge in [0.05, 0.1) is 27.4 Å². The minimum absolute atomic E-state index is 0.0940.